The maximum absolute atomic E-state index is 11.5. The first kappa shape index (κ1) is 9.52. The van der Waals surface area contributed by atoms with E-state index in [0.717, 1.165) is 19.5 Å². The van der Waals surface area contributed by atoms with E-state index in [4.69, 9.17) is 0 Å². The van der Waals surface area contributed by atoms with Crippen LogP contribution in [0.3, 0.4) is 0 Å². The molecule has 0 aromatic carbocycles. The summed E-state index contributed by atoms with van der Waals surface area (Å²) in [6.45, 7) is 6.79. The van der Waals surface area contributed by atoms with Gasteiger partial charge in [-0.25, -0.2) is 0 Å². The predicted octanol–water partition coefficient (Wildman–Crippen LogP) is 0.626. The summed E-state index contributed by atoms with van der Waals surface area (Å²) in [6, 6.07) is 0. The second-order valence-electron chi connectivity index (χ2n) is 4.20. The molecule has 3 heteroatoms. The number of carbonyl (C=O) groups is 1. The van der Waals surface area contributed by atoms with E-state index in [9.17, 15) is 9.90 Å². The van der Waals surface area contributed by atoms with Crippen LogP contribution in [0.25, 0.3) is 0 Å². The lowest BCUT2D eigenvalue weighted by atomic mass is 10.1. The molecule has 0 aromatic rings. The Hall–Kier alpha value is -0.570. The van der Waals surface area contributed by atoms with Gasteiger partial charge in [0.2, 0.25) is 0 Å². The van der Waals surface area contributed by atoms with Gasteiger partial charge in [0, 0.05) is 13.1 Å². The highest BCUT2D eigenvalue weighted by Crippen LogP contribution is 2.18. The summed E-state index contributed by atoms with van der Waals surface area (Å²) in [4.78, 5) is 13.2. The van der Waals surface area contributed by atoms with Crippen LogP contribution in [-0.4, -0.2) is 34.6 Å². The highest BCUT2D eigenvalue weighted by molar-refractivity contribution is 5.84. The molecule has 1 amide bonds. The molecule has 0 aliphatic carbocycles. The highest BCUT2D eigenvalue weighted by Gasteiger charge is 2.32. The van der Waals surface area contributed by atoms with Crippen LogP contribution in [-0.2, 0) is 4.79 Å². The number of aliphatic hydroxyl groups is 1. The maximum Gasteiger partial charge on any atom is 0.253 e. The van der Waals surface area contributed by atoms with Crippen molar-refractivity contribution in [2.24, 2.45) is 5.92 Å². The van der Waals surface area contributed by atoms with Crippen molar-refractivity contribution in [2.75, 3.05) is 13.1 Å². The summed E-state index contributed by atoms with van der Waals surface area (Å²) in [5.41, 5.74) is -1.20. The fourth-order valence-electron chi connectivity index (χ4n) is 1.51. The lowest BCUT2D eigenvalue weighted by molar-refractivity contribution is -0.146. The van der Waals surface area contributed by atoms with E-state index < -0.39 is 5.60 Å². The molecule has 0 saturated carbocycles. The first-order valence-corrected chi connectivity index (χ1v) is 4.43. The molecule has 12 heavy (non-hydrogen) atoms. The lowest BCUT2D eigenvalue weighted by Crippen LogP contribution is -2.43. The molecule has 0 bridgehead atoms. The minimum atomic E-state index is -1.20. The molecule has 1 rings (SSSR count). The van der Waals surface area contributed by atoms with Gasteiger partial charge < -0.3 is 10.0 Å². The first-order valence-electron chi connectivity index (χ1n) is 4.43. The van der Waals surface area contributed by atoms with Gasteiger partial charge in [-0.2, -0.15) is 0 Å². The average molecular weight is 171 g/mol. The van der Waals surface area contributed by atoms with Gasteiger partial charge in [-0.05, 0) is 26.2 Å². The maximum atomic E-state index is 11.5. The Labute approximate surface area is 73.4 Å². The average Bonchev–Trinajstić information content (AvgIpc) is 2.32. The fourth-order valence-corrected chi connectivity index (χ4v) is 1.51. The zero-order valence-electron chi connectivity index (χ0n) is 8.00. The third-order valence-corrected chi connectivity index (χ3v) is 2.23. The molecule has 0 spiro atoms. The van der Waals surface area contributed by atoms with Crippen molar-refractivity contribution in [2.45, 2.75) is 32.8 Å². The Morgan fingerprint density at radius 3 is 2.50 bits per heavy atom. The normalized spacial score (nSPS) is 24.7. The number of amides is 1. The Morgan fingerprint density at radius 2 is 2.17 bits per heavy atom. The van der Waals surface area contributed by atoms with Crippen molar-refractivity contribution in [3.05, 3.63) is 0 Å². The molecule has 1 fully saturated rings. The molecular weight excluding hydrogens is 154 g/mol. The van der Waals surface area contributed by atoms with Gasteiger partial charge in [0.25, 0.3) is 5.91 Å². The van der Waals surface area contributed by atoms with E-state index in [1.54, 1.807) is 18.7 Å². The Kier molecular flexibility index (Phi) is 2.42. The van der Waals surface area contributed by atoms with Crippen LogP contribution in [0.1, 0.15) is 27.2 Å². The fraction of sp³-hybridized carbons (Fsp3) is 0.889. The minimum Gasteiger partial charge on any atom is -0.381 e. The van der Waals surface area contributed by atoms with E-state index in [1.165, 1.54) is 0 Å². The number of nitrogens with zero attached hydrogens (tertiary/aromatic N) is 1. The minimum absolute atomic E-state index is 0.146. The number of rotatable bonds is 1. The van der Waals surface area contributed by atoms with Gasteiger partial charge in [-0.3, -0.25) is 4.79 Å². The molecule has 1 aliphatic heterocycles. The van der Waals surface area contributed by atoms with Crippen molar-refractivity contribution in [1.82, 2.24) is 4.90 Å². The second-order valence-corrected chi connectivity index (χ2v) is 4.20. The Balaban J connectivity index is 2.55. The summed E-state index contributed by atoms with van der Waals surface area (Å²) >= 11 is 0. The molecule has 1 saturated heterocycles. The summed E-state index contributed by atoms with van der Waals surface area (Å²) in [7, 11) is 0. The van der Waals surface area contributed by atoms with E-state index in [1.807, 2.05) is 0 Å². The van der Waals surface area contributed by atoms with Crippen LogP contribution < -0.4 is 0 Å². The zero-order chi connectivity index (χ0) is 9.35. The van der Waals surface area contributed by atoms with Crippen molar-refractivity contribution in [3.63, 3.8) is 0 Å². The van der Waals surface area contributed by atoms with Crippen LogP contribution in [0, 0.1) is 5.92 Å². The summed E-state index contributed by atoms with van der Waals surface area (Å²) in [6.07, 6.45) is 1.06. The van der Waals surface area contributed by atoms with Gasteiger partial charge in [-0.15, -0.1) is 0 Å². The molecule has 1 N–H and O–H groups in total. The zero-order valence-corrected chi connectivity index (χ0v) is 8.00. The van der Waals surface area contributed by atoms with Crippen LogP contribution in [0.15, 0.2) is 0 Å². The molecule has 1 aliphatic rings. The number of hydrogen-bond donors (Lipinski definition) is 1. The topological polar surface area (TPSA) is 40.5 Å². The Bertz CT molecular complexity index is 183. The quantitative estimate of drug-likeness (QED) is 0.628. The number of likely N-dealkylation sites (tertiary alicyclic amines) is 1. The second kappa shape index (κ2) is 3.05. The third-order valence-electron chi connectivity index (χ3n) is 2.23. The van der Waals surface area contributed by atoms with Crippen LogP contribution >= 0.6 is 0 Å². The standard InChI is InChI=1S/C9H17NO2/c1-7-4-5-10(6-7)8(11)9(2,3)12/h7,12H,4-6H2,1-3H3. The van der Waals surface area contributed by atoms with Gasteiger partial charge in [0.15, 0.2) is 0 Å². The number of hydrogen-bond acceptors (Lipinski definition) is 2. The van der Waals surface area contributed by atoms with Crippen molar-refractivity contribution in [3.8, 4) is 0 Å². The smallest absolute Gasteiger partial charge is 0.253 e. The molecule has 1 heterocycles. The molecule has 0 radical (unpaired) electrons. The first-order chi connectivity index (χ1) is 5.41. The van der Waals surface area contributed by atoms with E-state index >= 15 is 0 Å². The van der Waals surface area contributed by atoms with Crippen LogP contribution in [0.4, 0.5) is 0 Å². The summed E-state index contributed by atoms with van der Waals surface area (Å²) in [5, 5.41) is 9.44. The molecule has 3 nitrogen and oxygen atoms in total. The monoisotopic (exact) mass is 171 g/mol. The van der Waals surface area contributed by atoms with Crippen molar-refractivity contribution < 1.29 is 9.90 Å². The van der Waals surface area contributed by atoms with E-state index in [2.05, 4.69) is 6.92 Å². The predicted molar refractivity (Wildman–Crippen MR) is 46.7 cm³/mol. The van der Waals surface area contributed by atoms with Crippen LogP contribution in [0.5, 0.6) is 0 Å². The largest absolute Gasteiger partial charge is 0.381 e. The summed E-state index contributed by atoms with van der Waals surface area (Å²) < 4.78 is 0. The SMILES string of the molecule is CC1CCN(C(=O)C(C)(C)O)C1. The summed E-state index contributed by atoms with van der Waals surface area (Å²) in [5.74, 6) is 0.433. The highest BCUT2D eigenvalue weighted by atomic mass is 16.3. The molecule has 0 aromatic heterocycles. The van der Waals surface area contributed by atoms with Gasteiger partial charge in [0.05, 0.1) is 0 Å². The molecular formula is C9H17NO2. The third kappa shape index (κ3) is 1.97. The number of carbonyl (C=O) groups excluding carboxylic acids is 1. The van der Waals surface area contributed by atoms with Gasteiger partial charge in [0.1, 0.15) is 5.60 Å². The van der Waals surface area contributed by atoms with Crippen molar-refractivity contribution >= 4 is 5.91 Å². The van der Waals surface area contributed by atoms with Gasteiger partial charge >= 0.3 is 0 Å². The molecule has 1 atom stereocenters. The van der Waals surface area contributed by atoms with Gasteiger partial charge in [-0.1, -0.05) is 6.92 Å². The molecule has 1 unspecified atom stereocenters. The van der Waals surface area contributed by atoms with E-state index in [-0.39, 0.29) is 5.91 Å². The Morgan fingerprint density at radius 1 is 1.58 bits per heavy atom. The molecule has 70 valence electrons. The van der Waals surface area contributed by atoms with E-state index in [0.29, 0.717) is 5.92 Å². The van der Waals surface area contributed by atoms with Crippen molar-refractivity contribution in [1.29, 1.82) is 0 Å². The van der Waals surface area contributed by atoms with Crippen LogP contribution in [0.2, 0.25) is 0 Å². The lowest BCUT2D eigenvalue weighted by Gasteiger charge is -2.24.